The highest BCUT2D eigenvalue weighted by Crippen LogP contribution is 2.22. The van der Waals surface area contributed by atoms with Crippen molar-refractivity contribution in [2.75, 3.05) is 25.4 Å². The summed E-state index contributed by atoms with van der Waals surface area (Å²) in [5, 5.41) is 3.46. The van der Waals surface area contributed by atoms with E-state index >= 15 is 0 Å². The van der Waals surface area contributed by atoms with Gasteiger partial charge in [-0.2, -0.15) is 0 Å². The van der Waals surface area contributed by atoms with E-state index < -0.39 is 0 Å². The van der Waals surface area contributed by atoms with Crippen molar-refractivity contribution in [2.45, 2.75) is 45.1 Å². The summed E-state index contributed by atoms with van der Waals surface area (Å²) in [5.41, 5.74) is 2.72. The van der Waals surface area contributed by atoms with Crippen LogP contribution in [-0.2, 0) is 4.74 Å². The lowest BCUT2D eigenvalue weighted by Crippen LogP contribution is -2.20. The van der Waals surface area contributed by atoms with Crippen molar-refractivity contribution in [3.05, 3.63) is 29.3 Å². The van der Waals surface area contributed by atoms with Gasteiger partial charge in [-0.25, -0.2) is 0 Å². The van der Waals surface area contributed by atoms with Gasteiger partial charge in [-0.3, -0.25) is 0 Å². The van der Waals surface area contributed by atoms with Gasteiger partial charge in [0.15, 0.2) is 0 Å². The van der Waals surface area contributed by atoms with Crippen LogP contribution in [-0.4, -0.2) is 31.6 Å². The fourth-order valence-corrected chi connectivity index (χ4v) is 2.75. The monoisotopic (exact) mass is 281 g/mol. The van der Waals surface area contributed by atoms with Crippen LogP contribution in [0.25, 0.3) is 0 Å². The maximum atomic E-state index is 5.50. The van der Waals surface area contributed by atoms with Gasteiger partial charge in [0.1, 0.15) is 0 Å². The maximum absolute atomic E-state index is 5.50. The van der Waals surface area contributed by atoms with Crippen molar-refractivity contribution < 1.29 is 4.74 Å². The molecule has 1 aromatic rings. The number of aryl methyl sites for hydroxylation is 2. The van der Waals surface area contributed by atoms with Crippen molar-refractivity contribution in [3.8, 4) is 0 Å². The molecule has 0 saturated carbocycles. The Labute approximate surface area is 122 Å². The number of nitrogens with one attached hydrogen (secondary N) is 1. The van der Waals surface area contributed by atoms with E-state index in [0.717, 1.165) is 31.9 Å². The van der Waals surface area contributed by atoms with Crippen molar-refractivity contribution in [1.29, 1.82) is 0 Å². The number of hydrogen-bond donors (Lipinski definition) is 1. The Morgan fingerprint density at radius 3 is 2.68 bits per heavy atom. The van der Waals surface area contributed by atoms with Crippen LogP contribution in [0.4, 0.5) is 0 Å². The van der Waals surface area contributed by atoms with Crippen LogP contribution in [0.1, 0.15) is 31.4 Å². The molecule has 1 aromatic carbocycles. The van der Waals surface area contributed by atoms with Crippen molar-refractivity contribution in [1.82, 2.24) is 5.32 Å². The molecule has 19 heavy (non-hydrogen) atoms. The summed E-state index contributed by atoms with van der Waals surface area (Å²) < 4.78 is 5.50. The van der Waals surface area contributed by atoms with Crippen LogP contribution in [0.15, 0.2) is 23.1 Å². The number of rotatable bonds is 9. The molecule has 0 amide bonds. The normalized spacial score (nSPS) is 11.2. The molecule has 1 N–H and O–H groups in total. The van der Waals surface area contributed by atoms with Crippen molar-refractivity contribution >= 4 is 11.8 Å². The first-order valence-corrected chi connectivity index (χ1v) is 8.10. The lowest BCUT2D eigenvalue weighted by Gasteiger charge is -2.09. The smallest absolute Gasteiger partial charge is 0.0518 e. The molecule has 0 atom stereocenters. The highest BCUT2D eigenvalue weighted by molar-refractivity contribution is 7.99. The first-order valence-electron chi connectivity index (χ1n) is 7.12. The molecule has 0 spiro atoms. The van der Waals surface area contributed by atoms with Gasteiger partial charge in [-0.1, -0.05) is 17.7 Å². The van der Waals surface area contributed by atoms with E-state index in [1.54, 1.807) is 0 Å². The molecule has 0 unspecified atom stereocenters. The summed E-state index contributed by atoms with van der Waals surface area (Å²) in [7, 11) is 0. The van der Waals surface area contributed by atoms with Gasteiger partial charge in [-0.15, -0.1) is 11.8 Å². The molecular weight excluding hydrogens is 254 g/mol. The quantitative estimate of drug-likeness (QED) is 0.549. The van der Waals surface area contributed by atoms with Crippen LogP contribution in [0, 0.1) is 13.8 Å². The van der Waals surface area contributed by atoms with Crippen molar-refractivity contribution in [3.63, 3.8) is 0 Å². The predicted molar refractivity (Wildman–Crippen MR) is 85.2 cm³/mol. The van der Waals surface area contributed by atoms with Gasteiger partial charge in [0.2, 0.25) is 0 Å². The zero-order valence-electron chi connectivity index (χ0n) is 12.7. The van der Waals surface area contributed by atoms with Crippen LogP contribution >= 0.6 is 11.8 Å². The van der Waals surface area contributed by atoms with Crippen LogP contribution in [0.2, 0.25) is 0 Å². The molecule has 0 aliphatic rings. The van der Waals surface area contributed by atoms with Gasteiger partial charge in [0, 0.05) is 23.8 Å². The average Bonchev–Trinajstić information content (AvgIpc) is 2.34. The average molecular weight is 281 g/mol. The van der Waals surface area contributed by atoms with Gasteiger partial charge in [0.25, 0.3) is 0 Å². The van der Waals surface area contributed by atoms with Gasteiger partial charge in [0.05, 0.1) is 6.10 Å². The molecule has 0 fully saturated rings. The topological polar surface area (TPSA) is 21.3 Å². The molecule has 108 valence electrons. The first-order chi connectivity index (χ1) is 9.09. The lowest BCUT2D eigenvalue weighted by atomic mass is 10.2. The summed E-state index contributed by atoms with van der Waals surface area (Å²) in [6.45, 7) is 11.4. The Hall–Kier alpha value is -0.510. The molecule has 0 radical (unpaired) electrons. The summed E-state index contributed by atoms with van der Waals surface area (Å²) in [5.74, 6) is 1.12. The van der Waals surface area contributed by atoms with E-state index in [1.807, 2.05) is 11.8 Å². The molecule has 3 heteroatoms. The molecule has 0 saturated heterocycles. The van der Waals surface area contributed by atoms with Gasteiger partial charge < -0.3 is 10.1 Å². The SMILES string of the molecule is Cc1ccc(SCCNCCCOC(C)C)c(C)c1. The third-order valence-corrected chi connectivity index (χ3v) is 3.99. The Bertz CT molecular complexity index is 366. The second-order valence-corrected chi connectivity index (χ2v) is 6.28. The molecule has 0 heterocycles. The predicted octanol–water partition coefficient (Wildman–Crippen LogP) is 3.80. The Morgan fingerprint density at radius 1 is 1.21 bits per heavy atom. The second-order valence-electron chi connectivity index (χ2n) is 5.14. The second kappa shape index (κ2) is 9.40. The zero-order chi connectivity index (χ0) is 14.1. The molecule has 2 nitrogen and oxygen atoms in total. The number of hydrogen-bond acceptors (Lipinski definition) is 3. The minimum Gasteiger partial charge on any atom is -0.379 e. The third kappa shape index (κ3) is 7.61. The van der Waals surface area contributed by atoms with E-state index in [9.17, 15) is 0 Å². The third-order valence-electron chi connectivity index (χ3n) is 2.82. The zero-order valence-corrected chi connectivity index (χ0v) is 13.5. The number of benzene rings is 1. The molecule has 0 aliphatic carbocycles. The van der Waals surface area contributed by atoms with Gasteiger partial charge in [-0.05, 0) is 52.3 Å². The van der Waals surface area contributed by atoms with E-state index in [-0.39, 0.29) is 0 Å². The van der Waals surface area contributed by atoms with Crippen LogP contribution in [0.3, 0.4) is 0 Å². The summed E-state index contributed by atoms with van der Waals surface area (Å²) in [6, 6.07) is 6.66. The Morgan fingerprint density at radius 2 is 2.00 bits per heavy atom. The lowest BCUT2D eigenvalue weighted by molar-refractivity contribution is 0.0772. The fraction of sp³-hybridized carbons (Fsp3) is 0.625. The number of thioether (sulfide) groups is 1. The molecule has 0 aromatic heterocycles. The summed E-state index contributed by atoms with van der Waals surface area (Å²) in [6.07, 6.45) is 1.44. The van der Waals surface area contributed by atoms with Crippen LogP contribution < -0.4 is 5.32 Å². The molecular formula is C16H27NOS. The summed E-state index contributed by atoms with van der Waals surface area (Å²) in [4.78, 5) is 1.40. The maximum Gasteiger partial charge on any atom is 0.0518 e. The highest BCUT2D eigenvalue weighted by Gasteiger charge is 1.99. The largest absolute Gasteiger partial charge is 0.379 e. The molecule has 1 rings (SSSR count). The highest BCUT2D eigenvalue weighted by atomic mass is 32.2. The molecule has 0 bridgehead atoms. The fourth-order valence-electron chi connectivity index (χ4n) is 1.84. The standard InChI is InChI=1S/C16H27NOS/c1-13(2)18-10-5-8-17-9-11-19-16-7-6-14(3)12-15(16)4/h6-7,12-13,17H,5,8-11H2,1-4H3. The Kier molecular flexibility index (Phi) is 8.19. The van der Waals surface area contributed by atoms with E-state index in [4.69, 9.17) is 4.74 Å². The number of ether oxygens (including phenoxy) is 1. The molecule has 0 aliphatic heterocycles. The minimum atomic E-state index is 0.347. The van der Waals surface area contributed by atoms with E-state index in [2.05, 4.69) is 51.2 Å². The minimum absolute atomic E-state index is 0.347. The first kappa shape index (κ1) is 16.5. The van der Waals surface area contributed by atoms with E-state index in [0.29, 0.717) is 6.10 Å². The Balaban J connectivity index is 2.04. The van der Waals surface area contributed by atoms with Crippen molar-refractivity contribution in [2.24, 2.45) is 0 Å². The summed E-state index contributed by atoms with van der Waals surface area (Å²) >= 11 is 1.93. The van der Waals surface area contributed by atoms with Gasteiger partial charge >= 0.3 is 0 Å². The van der Waals surface area contributed by atoms with E-state index in [1.165, 1.54) is 16.0 Å². The van der Waals surface area contributed by atoms with Crippen LogP contribution in [0.5, 0.6) is 0 Å².